The first-order valence-corrected chi connectivity index (χ1v) is 10.0. The molecule has 4 rings (SSSR count). The number of rotatable bonds is 4. The van der Waals surface area contributed by atoms with Crippen LogP contribution >= 0.6 is 22.9 Å². The molecule has 0 N–H and O–H groups in total. The van der Waals surface area contributed by atoms with Crippen LogP contribution in [0.3, 0.4) is 0 Å². The van der Waals surface area contributed by atoms with Crippen molar-refractivity contribution in [1.82, 2.24) is 9.55 Å². The molecule has 4 nitrogen and oxygen atoms in total. The van der Waals surface area contributed by atoms with Crippen LogP contribution < -0.4 is 5.56 Å². The average molecular weight is 409 g/mol. The minimum Gasteiger partial charge on any atom is -0.292 e. The van der Waals surface area contributed by atoms with Crippen LogP contribution in [0.15, 0.2) is 59.0 Å². The zero-order valence-electron chi connectivity index (χ0n) is 15.4. The first-order valence-electron chi connectivity index (χ1n) is 8.77. The Kier molecular flexibility index (Phi) is 4.87. The van der Waals surface area contributed by atoms with E-state index in [-0.39, 0.29) is 17.9 Å². The van der Waals surface area contributed by atoms with E-state index < -0.39 is 0 Å². The van der Waals surface area contributed by atoms with Gasteiger partial charge in [-0.2, -0.15) is 0 Å². The molecule has 6 heteroatoms. The molecule has 0 radical (unpaired) electrons. The number of hydrogen-bond donors (Lipinski definition) is 0. The molecule has 0 unspecified atom stereocenters. The summed E-state index contributed by atoms with van der Waals surface area (Å²) in [5.41, 5.74) is 4.26. The van der Waals surface area contributed by atoms with Gasteiger partial charge in [0.15, 0.2) is 5.78 Å². The van der Waals surface area contributed by atoms with Crippen molar-refractivity contribution in [1.29, 1.82) is 0 Å². The number of fused-ring (bicyclic) bond motifs is 1. The molecule has 140 valence electrons. The molecule has 0 aliphatic carbocycles. The normalized spacial score (nSPS) is 11.1. The second-order valence-corrected chi connectivity index (χ2v) is 8.03. The number of aryl methyl sites for hydroxylation is 2. The highest BCUT2D eigenvalue weighted by Gasteiger charge is 2.15. The highest BCUT2D eigenvalue weighted by Crippen LogP contribution is 2.31. The first kappa shape index (κ1) is 18.6. The van der Waals surface area contributed by atoms with Gasteiger partial charge < -0.3 is 0 Å². The number of hydrogen-bond acceptors (Lipinski definition) is 4. The van der Waals surface area contributed by atoms with Crippen LogP contribution in [0.2, 0.25) is 5.02 Å². The van der Waals surface area contributed by atoms with Crippen molar-refractivity contribution in [3.05, 3.63) is 86.2 Å². The number of halogens is 1. The van der Waals surface area contributed by atoms with Crippen LogP contribution in [0.4, 0.5) is 0 Å². The topological polar surface area (TPSA) is 52.0 Å². The lowest BCUT2D eigenvalue weighted by Crippen LogP contribution is -2.24. The van der Waals surface area contributed by atoms with Gasteiger partial charge in [0.25, 0.3) is 5.56 Å². The molecule has 0 spiro atoms. The summed E-state index contributed by atoms with van der Waals surface area (Å²) >= 11 is 7.38. The van der Waals surface area contributed by atoms with Crippen molar-refractivity contribution in [2.45, 2.75) is 20.4 Å². The van der Waals surface area contributed by atoms with Crippen molar-refractivity contribution in [2.75, 3.05) is 0 Å². The van der Waals surface area contributed by atoms with E-state index in [0.29, 0.717) is 20.8 Å². The largest absolute Gasteiger partial charge is 0.292 e. The number of nitrogens with zero attached hydrogens (tertiary/aromatic N) is 2. The van der Waals surface area contributed by atoms with Crippen molar-refractivity contribution >= 4 is 38.9 Å². The zero-order valence-corrected chi connectivity index (χ0v) is 17.0. The summed E-state index contributed by atoms with van der Waals surface area (Å²) in [6, 6.07) is 12.9. The van der Waals surface area contributed by atoms with Crippen molar-refractivity contribution in [3.63, 3.8) is 0 Å². The first-order chi connectivity index (χ1) is 13.4. The Morgan fingerprint density at radius 3 is 2.57 bits per heavy atom. The molecule has 0 aliphatic heterocycles. The van der Waals surface area contributed by atoms with Gasteiger partial charge in [0.2, 0.25) is 0 Å². The molecule has 28 heavy (non-hydrogen) atoms. The molecule has 0 aliphatic rings. The standard InChI is InChI=1S/C22H17ClN2O2S/c1-13-3-4-16(9-14(13)2)19(26)10-25-12-24-21-20(22(25)27)18(11-28-21)15-5-7-17(23)8-6-15/h3-9,11-12H,10H2,1-2H3. The van der Waals surface area contributed by atoms with Crippen molar-refractivity contribution in [3.8, 4) is 11.1 Å². The maximum absolute atomic E-state index is 13.1. The molecule has 2 aromatic carbocycles. The van der Waals surface area contributed by atoms with Gasteiger partial charge in [0.1, 0.15) is 4.83 Å². The Hall–Kier alpha value is -2.76. The molecule has 0 saturated heterocycles. The summed E-state index contributed by atoms with van der Waals surface area (Å²) in [4.78, 5) is 30.8. The van der Waals surface area contributed by atoms with E-state index in [0.717, 1.165) is 22.3 Å². The smallest absolute Gasteiger partial charge is 0.263 e. The Balaban J connectivity index is 1.74. The van der Waals surface area contributed by atoms with E-state index in [4.69, 9.17) is 11.6 Å². The minimum atomic E-state index is -0.214. The zero-order chi connectivity index (χ0) is 19.8. The Morgan fingerprint density at radius 1 is 1.11 bits per heavy atom. The van der Waals surface area contributed by atoms with Crippen LogP contribution in [0.25, 0.3) is 21.3 Å². The fourth-order valence-corrected chi connectivity index (χ4v) is 4.12. The molecule has 0 amide bonds. The number of benzene rings is 2. The molecule has 4 aromatic rings. The summed E-state index contributed by atoms with van der Waals surface area (Å²) in [6.07, 6.45) is 1.45. The number of carbonyl (C=O) groups is 1. The van der Waals surface area contributed by atoms with Crippen LogP contribution in [-0.2, 0) is 6.54 Å². The Morgan fingerprint density at radius 2 is 1.86 bits per heavy atom. The molecule has 2 aromatic heterocycles. The van der Waals surface area contributed by atoms with Crippen molar-refractivity contribution < 1.29 is 4.79 Å². The van der Waals surface area contributed by atoms with E-state index in [1.165, 1.54) is 22.2 Å². The third-order valence-corrected chi connectivity index (χ3v) is 6.00. The van der Waals surface area contributed by atoms with Gasteiger partial charge >= 0.3 is 0 Å². The third-order valence-electron chi connectivity index (χ3n) is 4.86. The summed E-state index contributed by atoms with van der Waals surface area (Å²) < 4.78 is 1.38. The number of Topliss-reactive ketones (excluding diaryl/α,β-unsaturated/α-hetero) is 1. The second-order valence-electron chi connectivity index (χ2n) is 6.74. The monoisotopic (exact) mass is 408 g/mol. The summed E-state index contributed by atoms with van der Waals surface area (Å²) in [5, 5.41) is 3.08. The van der Waals surface area contributed by atoms with E-state index in [1.54, 1.807) is 18.2 Å². The number of thiophene rings is 1. The molecule has 0 bridgehead atoms. The van der Waals surface area contributed by atoms with Crippen LogP contribution in [0.1, 0.15) is 21.5 Å². The van der Waals surface area contributed by atoms with Gasteiger partial charge in [-0.25, -0.2) is 4.98 Å². The lowest BCUT2D eigenvalue weighted by Gasteiger charge is -2.07. The average Bonchev–Trinajstić information content (AvgIpc) is 3.11. The van der Waals surface area contributed by atoms with Gasteiger partial charge in [0.05, 0.1) is 18.3 Å². The predicted octanol–water partition coefficient (Wildman–Crippen LogP) is 5.28. The lowest BCUT2D eigenvalue weighted by atomic mass is 10.0. The number of aromatic nitrogens is 2. The fraction of sp³-hybridized carbons (Fsp3) is 0.136. The highest BCUT2D eigenvalue weighted by molar-refractivity contribution is 7.17. The number of ketones is 1. The van der Waals surface area contributed by atoms with E-state index in [2.05, 4.69) is 4.98 Å². The van der Waals surface area contributed by atoms with Gasteiger partial charge in [0, 0.05) is 21.5 Å². The SMILES string of the molecule is Cc1ccc(C(=O)Cn2cnc3scc(-c4ccc(Cl)cc4)c3c2=O)cc1C. The minimum absolute atomic E-state index is 0.0415. The second kappa shape index (κ2) is 7.34. The fourth-order valence-electron chi connectivity index (χ4n) is 3.08. The van der Waals surface area contributed by atoms with E-state index in [9.17, 15) is 9.59 Å². The molecule has 0 fully saturated rings. The van der Waals surface area contributed by atoms with Gasteiger partial charge in [-0.1, -0.05) is 35.9 Å². The van der Waals surface area contributed by atoms with Gasteiger partial charge in [-0.15, -0.1) is 11.3 Å². The third kappa shape index (κ3) is 3.39. The van der Waals surface area contributed by atoms with Gasteiger partial charge in [-0.05, 0) is 48.7 Å². The molecular weight excluding hydrogens is 392 g/mol. The maximum Gasteiger partial charge on any atom is 0.263 e. The molecule has 0 atom stereocenters. The number of carbonyl (C=O) groups excluding carboxylic acids is 1. The molecule has 2 heterocycles. The molecule has 0 saturated carbocycles. The summed E-state index contributed by atoms with van der Waals surface area (Å²) in [5.74, 6) is -0.116. The quantitative estimate of drug-likeness (QED) is 0.432. The Labute approximate surface area is 171 Å². The summed E-state index contributed by atoms with van der Waals surface area (Å²) in [7, 11) is 0. The van der Waals surface area contributed by atoms with Crippen LogP contribution in [0.5, 0.6) is 0 Å². The van der Waals surface area contributed by atoms with E-state index in [1.807, 2.05) is 43.5 Å². The van der Waals surface area contributed by atoms with Crippen LogP contribution in [-0.4, -0.2) is 15.3 Å². The lowest BCUT2D eigenvalue weighted by molar-refractivity contribution is 0.0970. The maximum atomic E-state index is 13.1. The summed E-state index contributed by atoms with van der Waals surface area (Å²) in [6.45, 7) is 3.93. The van der Waals surface area contributed by atoms with Crippen LogP contribution in [0, 0.1) is 13.8 Å². The Bertz CT molecular complexity index is 1260. The van der Waals surface area contributed by atoms with Gasteiger partial charge in [-0.3, -0.25) is 14.2 Å². The van der Waals surface area contributed by atoms with E-state index >= 15 is 0 Å². The predicted molar refractivity (Wildman–Crippen MR) is 115 cm³/mol. The highest BCUT2D eigenvalue weighted by atomic mass is 35.5. The van der Waals surface area contributed by atoms with Crippen molar-refractivity contribution in [2.24, 2.45) is 0 Å². The molecular formula is C22H17ClN2O2S.